The topological polar surface area (TPSA) is 63.0 Å². The van der Waals surface area contributed by atoms with Gasteiger partial charge in [0, 0.05) is 11.8 Å². The number of benzene rings is 1. The molecule has 0 saturated carbocycles. The molecule has 4 nitrogen and oxygen atoms in total. The van der Waals surface area contributed by atoms with E-state index in [9.17, 15) is 4.79 Å². The molecule has 116 valence electrons. The summed E-state index contributed by atoms with van der Waals surface area (Å²) < 4.78 is 5.22. The van der Waals surface area contributed by atoms with Gasteiger partial charge in [-0.3, -0.25) is 4.98 Å². The van der Waals surface area contributed by atoms with E-state index in [1.165, 1.54) is 6.08 Å². The molecule has 0 aliphatic rings. The predicted molar refractivity (Wildman–Crippen MR) is 89.1 cm³/mol. The molecule has 0 radical (unpaired) electrons. The Morgan fingerprint density at radius 2 is 1.87 bits per heavy atom. The van der Waals surface area contributed by atoms with Gasteiger partial charge in [-0.05, 0) is 44.5 Å². The second-order valence-corrected chi connectivity index (χ2v) is 6.01. The van der Waals surface area contributed by atoms with Crippen LogP contribution in [0.2, 0.25) is 0 Å². The predicted octanol–water partition coefficient (Wildman–Crippen LogP) is 4.00. The fraction of sp³-hybridized carbons (Fsp3) is 0.211. The lowest BCUT2D eigenvalue weighted by molar-refractivity contribution is -0.149. The highest BCUT2D eigenvalue weighted by Gasteiger charge is 2.19. The summed E-state index contributed by atoms with van der Waals surface area (Å²) in [7, 11) is 0. The number of nitrogens with zero attached hydrogens (tertiary/aromatic N) is 2. The number of aromatic nitrogens is 1. The quantitative estimate of drug-likeness (QED) is 0.488. The van der Waals surface area contributed by atoms with Crippen LogP contribution >= 0.6 is 0 Å². The van der Waals surface area contributed by atoms with E-state index < -0.39 is 11.6 Å². The molecule has 0 fully saturated rings. The van der Waals surface area contributed by atoms with E-state index >= 15 is 0 Å². The molecule has 2 rings (SSSR count). The molecular weight excluding hydrogens is 288 g/mol. The number of hydrogen-bond acceptors (Lipinski definition) is 4. The number of ether oxygens (including phenoxy) is 1. The fourth-order valence-corrected chi connectivity index (χ4v) is 1.92. The Kier molecular flexibility index (Phi) is 4.92. The zero-order valence-electron chi connectivity index (χ0n) is 13.4. The molecule has 0 bridgehead atoms. The second kappa shape index (κ2) is 6.89. The van der Waals surface area contributed by atoms with Gasteiger partial charge in [-0.25, -0.2) is 4.79 Å². The molecule has 0 aliphatic heterocycles. The Morgan fingerprint density at radius 1 is 1.17 bits per heavy atom. The first-order valence-corrected chi connectivity index (χ1v) is 7.26. The zero-order chi connectivity index (χ0) is 16.9. The molecule has 23 heavy (non-hydrogen) atoms. The van der Waals surface area contributed by atoms with Crippen molar-refractivity contribution in [2.75, 3.05) is 0 Å². The van der Waals surface area contributed by atoms with Crippen molar-refractivity contribution in [2.45, 2.75) is 26.4 Å². The summed E-state index contributed by atoms with van der Waals surface area (Å²) in [6.45, 7) is 5.30. The smallest absolute Gasteiger partial charge is 0.349 e. The van der Waals surface area contributed by atoms with Crippen LogP contribution in [0.1, 0.15) is 26.3 Å². The number of nitriles is 1. The summed E-state index contributed by atoms with van der Waals surface area (Å²) in [5, 5.41) is 9.16. The van der Waals surface area contributed by atoms with Gasteiger partial charge in [-0.1, -0.05) is 30.3 Å². The first-order chi connectivity index (χ1) is 10.9. The number of pyridine rings is 1. The van der Waals surface area contributed by atoms with E-state index in [2.05, 4.69) is 4.98 Å². The monoisotopic (exact) mass is 306 g/mol. The highest BCUT2D eigenvalue weighted by atomic mass is 16.6. The first-order valence-electron chi connectivity index (χ1n) is 7.26. The molecule has 0 N–H and O–H groups in total. The Morgan fingerprint density at radius 3 is 2.39 bits per heavy atom. The van der Waals surface area contributed by atoms with Crippen LogP contribution in [0.25, 0.3) is 17.3 Å². The lowest BCUT2D eigenvalue weighted by Crippen LogP contribution is -2.24. The minimum Gasteiger partial charge on any atom is -0.456 e. The minimum absolute atomic E-state index is 0.0227. The molecule has 0 spiro atoms. The number of hydrogen-bond donors (Lipinski definition) is 0. The largest absolute Gasteiger partial charge is 0.456 e. The molecule has 0 aliphatic carbocycles. The van der Waals surface area contributed by atoms with Crippen molar-refractivity contribution >= 4 is 12.0 Å². The molecule has 0 amide bonds. The number of carbonyl (C=O) groups excluding carboxylic acids is 1. The first kappa shape index (κ1) is 16.4. The second-order valence-electron chi connectivity index (χ2n) is 6.01. The van der Waals surface area contributed by atoms with Crippen LogP contribution in [-0.2, 0) is 9.53 Å². The van der Waals surface area contributed by atoms with E-state index in [1.54, 1.807) is 27.0 Å². The summed E-state index contributed by atoms with van der Waals surface area (Å²) in [4.78, 5) is 16.2. The lowest BCUT2D eigenvalue weighted by atomic mass is 10.1. The van der Waals surface area contributed by atoms with E-state index in [4.69, 9.17) is 10.00 Å². The third kappa shape index (κ3) is 4.79. The average molecular weight is 306 g/mol. The summed E-state index contributed by atoms with van der Waals surface area (Å²) >= 11 is 0. The van der Waals surface area contributed by atoms with Gasteiger partial charge in [0.2, 0.25) is 0 Å². The Balaban J connectivity index is 2.21. The van der Waals surface area contributed by atoms with Gasteiger partial charge in [0.1, 0.15) is 17.2 Å². The summed E-state index contributed by atoms with van der Waals surface area (Å²) in [6.07, 6.45) is 3.26. The van der Waals surface area contributed by atoms with Crippen LogP contribution in [0.4, 0.5) is 0 Å². The summed E-state index contributed by atoms with van der Waals surface area (Å²) in [5.41, 5.74) is 1.95. The van der Waals surface area contributed by atoms with Crippen LogP contribution in [0.3, 0.4) is 0 Å². The van der Waals surface area contributed by atoms with Gasteiger partial charge in [0.05, 0.1) is 5.69 Å². The number of carbonyl (C=O) groups is 1. The molecule has 0 atom stereocenters. The Hall–Kier alpha value is -2.93. The Labute approximate surface area is 136 Å². The van der Waals surface area contributed by atoms with Gasteiger partial charge >= 0.3 is 5.97 Å². The SMILES string of the molecule is CC(C)(C)OC(=O)C(C#N)=Cc1ccc(-c2ccccn2)cc1. The van der Waals surface area contributed by atoms with Gasteiger partial charge in [0.25, 0.3) is 0 Å². The Bertz CT molecular complexity index is 749. The molecule has 1 aromatic carbocycles. The lowest BCUT2D eigenvalue weighted by Gasteiger charge is -2.18. The van der Waals surface area contributed by atoms with Crippen molar-refractivity contribution in [1.29, 1.82) is 5.26 Å². The highest BCUT2D eigenvalue weighted by Crippen LogP contribution is 2.19. The van der Waals surface area contributed by atoms with E-state index in [-0.39, 0.29) is 5.57 Å². The number of rotatable bonds is 3. The molecular formula is C19H18N2O2. The van der Waals surface area contributed by atoms with E-state index in [1.807, 2.05) is 48.5 Å². The van der Waals surface area contributed by atoms with Crippen molar-refractivity contribution in [3.05, 3.63) is 59.8 Å². The van der Waals surface area contributed by atoms with Crippen LogP contribution in [0, 0.1) is 11.3 Å². The third-order valence-electron chi connectivity index (χ3n) is 2.92. The molecule has 0 unspecified atom stereocenters. The normalized spacial score (nSPS) is 11.7. The molecule has 1 aromatic heterocycles. The molecule has 2 aromatic rings. The molecule has 4 heteroatoms. The van der Waals surface area contributed by atoms with Crippen LogP contribution in [0.5, 0.6) is 0 Å². The van der Waals surface area contributed by atoms with Crippen molar-refractivity contribution in [1.82, 2.24) is 4.98 Å². The van der Waals surface area contributed by atoms with Crippen molar-refractivity contribution in [3.63, 3.8) is 0 Å². The van der Waals surface area contributed by atoms with Crippen LogP contribution < -0.4 is 0 Å². The standard InChI is InChI=1S/C19H18N2O2/c1-19(2,3)23-18(22)16(13-20)12-14-7-9-15(10-8-14)17-6-4-5-11-21-17/h4-12H,1-3H3. The maximum Gasteiger partial charge on any atom is 0.349 e. The van der Waals surface area contributed by atoms with E-state index in [0.29, 0.717) is 0 Å². The maximum atomic E-state index is 12.0. The zero-order valence-corrected chi connectivity index (χ0v) is 13.4. The van der Waals surface area contributed by atoms with Crippen molar-refractivity contribution in [3.8, 4) is 17.3 Å². The van der Waals surface area contributed by atoms with Gasteiger partial charge in [-0.15, -0.1) is 0 Å². The molecule has 0 saturated heterocycles. The van der Waals surface area contributed by atoms with Gasteiger partial charge < -0.3 is 4.74 Å². The summed E-state index contributed by atoms with van der Waals surface area (Å²) in [6, 6.07) is 15.1. The maximum absolute atomic E-state index is 12.0. The van der Waals surface area contributed by atoms with E-state index in [0.717, 1.165) is 16.8 Å². The van der Waals surface area contributed by atoms with Crippen LogP contribution in [0.15, 0.2) is 54.2 Å². The fourth-order valence-electron chi connectivity index (χ4n) is 1.92. The molecule has 1 heterocycles. The third-order valence-corrected chi connectivity index (χ3v) is 2.92. The summed E-state index contributed by atoms with van der Waals surface area (Å²) in [5.74, 6) is -0.617. The highest BCUT2D eigenvalue weighted by molar-refractivity contribution is 5.98. The number of esters is 1. The van der Waals surface area contributed by atoms with Crippen molar-refractivity contribution < 1.29 is 9.53 Å². The van der Waals surface area contributed by atoms with Crippen molar-refractivity contribution in [2.24, 2.45) is 0 Å². The van der Waals surface area contributed by atoms with Gasteiger partial charge in [0.15, 0.2) is 0 Å². The van der Waals surface area contributed by atoms with Crippen LogP contribution in [-0.4, -0.2) is 16.6 Å². The minimum atomic E-state index is -0.629. The van der Waals surface area contributed by atoms with Gasteiger partial charge in [-0.2, -0.15) is 5.26 Å². The average Bonchev–Trinajstić information content (AvgIpc) is 2.52.